The van der Waals surface area contributed by atoms with Gasteiger partial charge in [-0.2, -0.15) is 0 Å². The standard InChI is InChI=1S/C11H11ClN2O2S/c1-17(15,16)11-13-6-7-14(11)8-9-2-4-10(12)5-3-9/h2-7H,8H2,1H3. The fourth-order valence-corrected chi connectivity index (χ4v) is 2.46. The SMILES string of the molecule is CS(=O)(=O)c1nccn1Cc1ccc(Cl)cc1. The zero-order valence-corrected chi connectivity index (χ0v) is 10.7. The lowest BCUT2D eigenvalue weighted by atomic mass is 10.2. The van der Waals surface area contributed by atoms with Gasteiger partial charge in [0.15, 0.2) is 0 Å². The molecule has 4 nitrogen and oxygen atoms in total. The first-order chi connectivity index (χ1) is 7.97. The zero-order chi connectivity index (χ0) is 12.5. The van der Waals surface area contributed by atoms with Crippen LogP contribution in [0.5, 0.6) is 0 Å². The van der Waals surface area contributed by atoms with Crippen LogP contribution in [0.3, 0.4) is 0 Å². The minimum Gasteiger partial charge on any atom is -0.318 e. The molecule has 90 valence electrons. The van der Waals surface area contributed by atoms with Crippen LogP contribution in [0.2, 0.25) is 5.02 Å². The van der Waals surface area contributed by atoms with Crippen molar-refractivity contribution in [1.29, 1.82) is 0 Å². The quantitative estimate of drug-likeness (QED) is 0.857. The molecule has 0 spiro atoms. The molecule has 0 saturated heterocycles. The molecule has 0 amide bonds. The van der Waals surface area contributed by atoms with E-state index in [9.17, 15) is 8.42 Å². The molecule has 2 aromatic rings. The lowest BCUT2D eigenvalue weighted by Crippen LogP contribution is -2.09. The molecule has 17 heavy (non-hydrogen) atoms. The highest BCUT2D eigenvalue weighted by Crippen LogP contribution is 2.13. The highest BCUT2D eigenvalue weighted by Gasteiger charge is 2.14. The van der Waals surface area contributed by atoms with Crippen LogP contribution >= 0.6 is 11.6 Å². The second-order valence-corrected chi connectivity index (χ2v) is 6.08. The molecular formula is C11H11ClN2O2S. The lowest BCUT2D eigenvalue weighted by Gasteiger charge is -2.06. The molecule has 0 bridgehead atoms. The van der Waals surface area contributed by atoms with Crippen molar-refractivity contribution in [2.24, 2.45) is 0 Å². The van der Waals surface area contributed by atoms with E-state index in [0.29, 0.717) is 11.6 Å². The Morgan fingerprint density at radius 1 is 1.29 bits per heavy atom. The lowest BCUT2D eigenvalue weighted by molar-refractivity contribution is 0.578. The molecule has 0 N–H and O–H groups in total. The van der Waals surface area contributed by atoms with Gasteiger partial charge in [0.1, 0.15) is 0 Å². The zero-order valence-electron chi connectivity index (χ0n) is 9.17. The number of hydrogen-bond donors (Lipinski definition) is 0. The maximum absolute atomic E-state index is 11.5. The highest BCUT2D eigenvalue weighted by atomic mass is 35.5. The molecule has 1 heterocycles. The van der Waals surface area contributed by atoms with Gasteiger partial charge in [0, 0.05) is 30.2 Å². The number of benzene rings is 1. The Labute approximate surface area is 105 Å². The maximum atomic E-state index is 11.5. The summed E-state index contributed by atoms with van der Waals surface area (Å²) in [5.41, 5.74) is 0.970. The summed E-state index contributed by atoms with van der Waals surface area (Å²) in [4.78, 5) is 3.85. The van der Waals surface area contributed by atoms with Crippen LogP contribution in [-0.2, 0) is 16.4 Å². The minimum absolute atomic E-state index is 0.0763. The normalized spacial score (nSPS) is 11.6. The van der Waals surface area contributed by atoms with Gasteiger partial charge in [-0.3, -0.25) is 0 Å². The molecular weight excluding hydrogens is 260 g/mol. The first-order valence-electron chi connectivity index (χ1n) is 4.92. The number of aromatic nitrogens is 2. The van der Waals surface area contributed by atoms with Gasteiger partial charge >= 0.3 is 0 Å². The Morgan fingerprint density at radius 2 is 1.94 bits per heavy atom. The van der Waals surface area contributed by atoms with Crippen molar-refractivity contribution in [3.05, 3.63) is 47.2 Å². The largest absolute Gasteiger partial charge is 0.318 e. The Morgan fingerprint density at radius 3 is 2.53 bits per heavy atom. The average Bonchev–Trinajstić information content (AvgIpc) is 2.69. The Kier molecular flexibility index (Phi) is 3.22. The van der Waals surface area contributed by atoms with Gasteiger partial charge in [-0.25, -0.2) is 13.4 Å². The van der Waals surface area contributed by atoms with E-state index in [-0.39, 0.29) is 5.16 Å². The fraction of sp³-hybridized carbons (Fsp3) is 0.182. The summed E-state index contributed by atoms with van der Waals surface area (Å²) in [7, 11) is -3.29. The van der Waals surface area contributed by atoms with Gasteiger partial charge in [0.2, 0.25) is 15.0 Å². The summed E-state index contributed by atoms with van der Waals surface area (Å²) in [6, 6.07) is 7.25. The Bertz CT molecular complexity index is 617. The molecule has 0 fully saturated rings. The van der Waals surface area contributed by atoms with E-state index >= 15 is 0 Å². The van der Waals surface area contributed by atoms with Crippen LogP contribution in [-0.4, -0.2) is 24.2 Å². The average molecular weight is 271 g/mol. The van der Waals surface area contributed by atoms with E-state index in [1.807, 2.05) is 12.1 Å². The molecule has 1 aromatic heterocycles. The van der Waals surface area contributed by atoms with Crippen molar-refractivity contribution in [3.63, 3.8) is 0 Å². The van der Waals surface area contributed by atoms with Crippen LogP contribution in [0.15, 0.2) is 41.8 Å². The van der Waals surface area contributed by atoms with E-state index in [1.54, 1.807) is 22.9 Å². The van der Waals surface area contributed by atoms with Crippen LogP contribution in [0, 0.1) is 0 Å². The van der Waals surface area contributed by atoms with Gasteiger partial charge in [-0.15, -0.1) is 0 Å². The highest BCUT2D eigenvalue weighted by molar-refractivity contribution is 7.90. The Balaban J connectivity index is 2.31. The van der Waals surface area contributed by atoms with E-state index in [0.717, 1.165) is 11.8 Å². The summed E-state index contributed by atoms with van der Waals surface area (Å²) in [5, 5.41) is 0.732. The predicted molar refractivity (Wildman–Crippen MR) is 65.9 cm³/mol. The van der Waals surface area contributed by atoms with Crippen molar-refractivity contribution >= 4 is 21.4 Å². The molecule has 0 aliphatic carbocycles. The number of rotatable bonds is 3. The van der Waals surface area contributed by atoms with Gasteiger partial charge in [-0.1, -0.05) is 23.7 Å². The molecule has 2 rings (SSSR count). The summed E-state index contributed by atoms with van der Waals surface area (Å²) in [5.74, 6) is 0. The summed E-state index contributed by atoms with van der Waals surface area (Å²) >= 11 is 5.78. The van der Waals surface area contributed by atoms with Gasteiger partial charge in [-0.05, 0) is 17.7 Å². The van der Waals surface area contributed by atoms with Crippen molar-refractivity contribution < 1.29 is 8.42 Å². The first-order valence-corrected chi connectivity index (χ1v) is 7.19. The maximum Gasteiger partial charge on any atom is 0.227 e. The monoisotopic (exact) mass is 270 g/mol. The topological polar surface area (TPSA) is 52.0 Å². The Hall–Kier alpha value is -1.33. The second kappa shape index (κ2) is 4.50. The number of sulfone groups is 1. The van der Waals surface area contributed by atoms with Crippen LogP contribution < -0.4 is 0 Å². The van der Waals surface area contributed by atoms with E-state index in [1.165, 1.54) is 6.20 Å². The van der Waals surface area contributed by atoms with Gasteiger partial charge in [0.25, 0.3) is 0 Å². The molecule has 0 aliphatic heterocycles. The summed E-state index contributed by atoms with van der Waals surface area (Å²) in [6.45, 7) is 0.458. The third kappa shape index (κ3) is 2.87. The number of imidazole rings is 1. The van der Waals surface area contributed by atoms with E-state index in [4.69, 9.17) is 11.6 Å². The van der Waals surface area contributed by atoms with E-state index < -0.39 is 9.84 Å². The van der Waals surface area contributed by atoms with Crippen molar-refractivity contribution in [3.8, 4) is 0 Å². The fourth-order valence-electron chi connectivity index (χ4n) is 1.53. The van der Waals surface area contributed by atoms with E-state index in [2.05, 4.69) is 4.98 Å². The second-order valence-electron chi connectivity index (χ2n) is 3.74. The van der Waals surface area contributed by atoms with Gasteiger partial charge in [0.05, 0.1) is 0 Å². The first kappa shape index (κ1) is 12.1. The molecule has 0 atom stereocenters. The predicted octanol–water partition coefficient (Wildman–Crippen LogP) is 1.99. The smallest absolute Gasteiger partial charge is 0.227 e. The molecule has 1 aromatic carbocycles. The summed E-state index contributed by atoms with van der Waals surface area (Å²) < 4.78 is 24.5. The summed E-state index contributed by atoms with van der Waals surface area (Å²) in [6.07, 6.45) is 4.27. The van der Waals surface area contributed by atoms with Crippen LogP contribution in [0.4, 0.5) is 0 Å². The van der Waals surface area contributed by atoms with Crippen molar-refractivity contribution in [2.75, 3.05) is 6.26 Å². The third-order valence-corrected chi connectivity index (χ3v) is 3.53. The minimum atomic E-state index is -3.29. The number of nitrogens with zero attached hydrogens (tertiary/aromatic N) is 2. The molecule has 6 heteroatoms. The molecule has 0 unspecified atom stereocenters. The van der Waals surface area contributed by atoms with Crippen molar-refractivity contribution in [2.45, 2.75) is 11.7 Å². The molecule has 0 radical (unpaired) electrons. The molecule has 0 saturated carbocycles. The van der Waals surface area contributed by atoms with Crippen LogP contribution in [0.25, 0.3) is 0 Å². The van der Waals surface area contributed by atoms with Crippen molar-refractivity contribution in [1.82, 2.24) is 9.55 Å². The third-order valence-electron chi connectivity index (χ3n) is 2.28. The number of halogens is 1. The number of hydrogen-bond acceptors (Lipinski definition) is 3. The van der Waals surface area contributed by atoms with Gasteiger partial charge < -0.3 is 4.57 Å². The molecule has 0 aliphatic rings. The van der Waals surface area contributed by atoms with Crippen LogP contribution in [0.1, 0.15) is 5.56 Å².